The van der Waals surface area contributed by atoms with Crippen LogP contribution in [0.5, 0.6) is 0 Å². The van der Waals surface area contributed by atoms with Crippen LogP contribution in [-0.4, -0.2) is 37.2 Å². The van der Waals surface area contributed by atoms with Crippen molar-refractivity contribution in [2.24, 2.45) is 7.05 Å². The number of amides is 1. The van der Waals surface area contributed by atoms with E-state index in [4.69, 9.17) is 5.73 Å². The predicted molar refractivity (Wildman–Crippen MR) is 105 cm³/mol. The number of carbonyl (C=O) groups excluding carboxylic acids is 1. The number of carbonyl (C=O) groups is 1. The third-order valence-corrected chi connectivity index (χ3v) is 5.30. The molecule has 0 spiro atoms. The third-order valence-electron chi connectivity index (χ3n) is 5.30. The van der Waals surface area contributed by atoms with Crippen LogP contribution < -0.4 is 16.4 Å². The van der Waals surface area contributed by atoms with Crippen molar-refractivity contribution in [2.45, 2.75) is 43.9 Å². The number of hydrogen-bond donors (Lipinski definition) is 3. The molecule has 0 unspecified atom stereocenters. The largest absolute Gasteiger partial charge is 0.434 e. The summed E-state index contributed by atoms with van der Waals surface area (Å²) in [6.45, 7) is 0. The first-order valence-electron chi connectivity index (χ1n) is 9.62. The Morgan fingerprint density at radius 1 is 1.17 bits per heavy atom. The topological polar surface area (TPSA) is 102 Å². The van der Waals surface area contributed by atoms with Crippen LogP contribution in [0.1, 0.15) is 41.7 Å². The van der Waals surface area contributed by atoms with Gasteiger partial charge in [0.25, 0.3) is 5.91 Å². The second-order valence-corrected chi connectivity index (χ2v) is 7.53. The maximum Gasteiger partial charge on any atom is 0.434 e. The van der Waals surface area contributed by atoms with Crippen LogP contribution in [0, 0.1) is 0 Å². The van der Waals surface area contributed by atoms with E-state index in [2.05, 4.69) is 20.7 Å². The van der Waals surface area contributed by atoms with Gasteiger partial charge in [0.2, 0.25) is 0 Å². The van der Waals surface area contributed by atoms with Gasteiger partial charge in [-0.1, -0.05) is 6.07 Å². The van der Waals surface area contributed by atoms with Crippen LogP contribution in [-0.2, 0) is 13.2 Å². The maximum absolute atomic E-state index is 13.0. The Morgan fingerprint density at radius 3 is 2.50 bits per heavy atom. The second kappa shape index (κ2) is 7.54. The predicted octanol–water partition coefficient (Wildman–Crippen LogP) is 2.82. The molecular formula is C19H22F3N7O. The van der Waals surface area contributed by atoms with Crippen molar-refractivity contribution < 1.29 is 18.0 Å². The number of nitrogens with zero attached hydrogens (tertiary/aromatic N) is 4. The number of rotatable bonds is 4. The molecule has 8 nitrogen and oxygen atoms in total. The number of nitrogens with two attached hydrogens (primary N) is 1. The molecule has 0 saturated heterocycles. The fraction of sp³-hybridized carbons (Fsp3) is 0.421. The van der Waals surface area contributed by atoms with Gasteiger partial charge in [0, 0.05) is 31.5 Å². The minimum absolute atomic E-state index is 0.0102. The molecule has 1 fully saturated rings. The molecule has 0 bridgehead atoms. The Hall–Kier alpha value is -3.24. The van der Waals surface area contributed by atoms with Crippen LogP contribution in [0.4, 0.5) is 24.8 Å². The van der Waals surface area contributed by atoms with Crippen molar-refractivity contribution in [1.82, 2.24) is 24.5 Å². The molecule has 1 aliphatic rings. The summed E-state index contributed by atoms with van der Waals surface area (Å²) in [5.41, 5.74) is 5.42. The number of nitrogen functional groups attached to an aromatic ring is 1. The SMILES string of the molecule is Cn1cc(C(=O)N[C@H]2CC[C@@H](Nc3cccc4nc(C(F)(F)F)cn34)CC2)c(N)n1. The van der Waals surface area contributed by atoms with Crippen LogP contribution in [0.3, 0.4) is 0 Å². The molecule has 4 N–H and O–H groups in total. The molecule has 3 aromatic heterocycles. The van der Waals surface area contributed by atoms with Gasteiger partial charge in [0.05, 0.1) is 0 Å². The average Bonchev–Trinajstić information content (AvgIpc) is 3.27. The second-order valence-electron chi connectivity index (χ2n) is 7.53. The van der Waals surface area contributed by atoms with Crippen LogP contribution in [0.25, 0.3) is 5.65 Å². The van der Waals surface area contributed by atoms with E-state index >= 15 is 0 Å². The summed E-state index contributed by atoms with van der Waals surface area (Å²) in [5, 5.41) is 10.3. The number of hydrogen-bond acceptors (Lipinski definition) is 5. The highest BCUT2D eigenvalue weighted by molar-refractivity contribution is 5.98. The van der Waals surface area contributed by atoms with Gasteiger partial charge >= 0.3 is 6.18 Å². The van der Waals surface area contributed by atoms with Crippen LogP contribution in [0.15, 0.2) is 30.6 Å². The van der Waals surface area contributed by atoms with Gasteiger partial charge in [-0.15, -0.1) is 0 Å². The van der Waals surface area contributed by atoms with E-state index in [1.165, 1.54) is 15.1 Å². The number of anilines is 2. The van der Waals surface area contributed by atoms with E-state index in [9.17, 15) is 18.0 Å². The lowest BCUT2D eigenvalue weighted by Crippen LogP contribution is -2.40. The third kappa shape index (κ3) is 4.05. The Labute approximate surface area is 170 Å². The fourth-order valence-corrected chi connectivity index (χ4v) is 3.80. The van der Waals surface area contributed by atoms with E-state index in [-0.39, 0.29) is 29.5 Å². The zero-order valence-electron chi connectivity index (χ0n) is 16.3. The maximum atomic E-state index is 13.0. The standard InChI is InChI=1S/C19H22F3N7O/c1-28-9-13(17(23)27-28)18(30)25-12-7-5-11(6-8-12)24-15-3-2-4-16-26-14(10-29(15)16)19(20,21)22/h2-4,9-12,24H,5-8H2,1H3,(H2,23,27)(H,25,30)/t11-,12+. The number of fused-ring (bicyclic) bond motifs is 1. The van der Waals surface area contributed by atoms with E-state index in [1.54, 1.807) is 25.4 Å². The first-order valence-corrected chi connectivity index (χ1v) is 9.62. The molecule has 0 atom stereocenters. The normalized spacial score (nSPS) is 19.7. The van der Waals surface area contributed by atoms with E-state index in [0.717, 1.165) is 31.9 Å². The number of pyridine rings is 1. The minimum atomic E-state index is -4.49. The summed E-state index contributed by atoms with van der Waals surface area (Å²) >= 11 is 0. The lowest BCUT2D eigenvalue weighted by Gasteiger charge is -2.30. The quantitative estimate of drug-likeness (QED) is 0.601. The van der Waals surface area contributed by atoms with Gasteiger partial charge in [-0.05, 0) is 37.8 Å². The Balaban J connectivity index is 1.38. The Bertz CT molecular complexity index is 1060. The Morgan fingerprint density at radius 2 is 1.87 bits per heavy atom. The summed E-state index contributed by atoms with van der Waals surface area (Å²) in [5.74, 6) is 0.503. The highest BCUT2D eigenvalue weighted by Crippen LogP contribution is 2.30. The lowest BCUT2D eigenvalue weighted by molar-refractivity contribution is -0.140. The number of aryl methyl sites for hydroxylation is 1. The van der Waals surface area contributed by atoms with Gasteiger partial charge in [-0.2, -0.15) is 18.3 Å². The average molecular weight is 421 g/mol. The minimum Gasteiger partial charge on any atom is -0.382 e. The molecule has 11 heteroatoms. The van der Waals surface area contributed by atoms with Crippen molar-refractivity contribution in [3.05, 3.63) is 41.9 Å². The number of halogens is 3. The molecule has 4 rings (SSSR count). The zero-order chi connectivity index (χ0) is 21.5. The first-order chi connectivity index (χ1) is 14.2. The van der Waals surface area contributed by atoms with Gasteiger partial charge in [-0.25, -0.2) is 4.98 Å². The van der Waals surface area contributed by atoms with E-state index in [0.29, 0.717) is 11.4 Å². The zero-order valence-corrected chi connectivity index (χ0v) is 16.3. The molecule has 1 aliphatic carbocycles. The lowest BCUT2D eigenvalue weighted by atomic mass is 9.91. The summed E-state index contributed by atoms with van der Waals surface area (Å²) in [6, 6.07) is 5.04. The molecule has 0 aromatic carbocycles. The summed E-state index contributed by atoms with van der Waals surface area (Å²) in [4.78, 5) is 16.0. The summed E-state index contributed by atoms with van der Waals surface area (Å²) in [7, 11) is 1.70. The van der Waals surface area contributed by atoms with Crippen molar-refractivity contribution in [3.63, 3.8) is 0 Å². The van der Waals surface area contributed by atoms with Gasteiger partial charge in [0.1, 0.15) is 17.0 Å². The smallest absolute Gasteiger partial charge is 0.382 e. The number of nitrogens with one attached hydrogen (secondary N) is 2. The van der Waals surface area contributed by atoms with Gasteiger partial charge in [0.15, 0.2) is 11.5 Å². The van der Waals surface area contributed by atoms with Gasteiger partial charge < -0.3 is 16.4 Å². The monoisotopic (exact) mass is 421 g/mol. The van der Waals surface area contributed by atoms with Crippen molar-refractivity contribution >= 4 is 23.2 Å². The highest BCUT2D eigenvalue weighted by Gasteiger charge is 2.34. The van der Waals surface area contributed by atoms with E-state index < -0.39 is 11.9 Å². The molecule has 3 heterocycles. The van der Waals surface area contributed by atoms with E-state index in [1.807, 2.05) is 0 Å². The Kier molecular flexibility index (Phi) is 5.04. The number of aromatic nitrogens is 4. The van der Waals surface area contributed by atoms with Crippen LogP contribution in [0.2, 0.25) is 0 Å². The summed E-state index contributed by atoms with van der Waals surface area (Å²) < 4.78 is 41.8. The number of imidazole rings is 1. The first kappa shape index (κ1) is 20.0. The molecule has 0 radical (unpaired) electrons. The number of alkyl halides is 3. The van der Waals surface area contributed by atoms with Crippen molar-refractivity contribution in [2.75, 3.05) is 11.1 Å². The summed E-state index contributed by atoms with van der Waals surface area (Å²) in [6.07, 6.45) is 1.13. The molecule has 1 saturated carbocycles. The molecule has 30 heavy (non-hydrogen) atoms. The van der Waals surface area contributed by atoms with Crippen molar-refractivity contribution in [3.8, 4) is 0 Å². The molecule has 0 aliphatic heterocycles. The van der Waals surface area contributed by atoms with Gasteiger partial charge in [-0.3, -0.25) is 13.9 Å². The highest BCUT2D eigenvalue weighted by atomic mass is 19.4. The molecule has 1 amide bonds. The molecule has 160 valence electrons. The van der Waals surface area contributed by atoms with Crippen molar-refractivity contribution in [1.29, 1.82) is 0 Å². The van der Waals surface area contributed by atoms with Crippen LogP contribution >= 0.6 is 0 Å². The molecule has 3 aromatic rings. The fourth-order valence-electron chi connectivity index (χ4n) is 3.80. The molecular weight excluding hydrogens is 399 g/mol.